The minimum atomic E-state index is -1.21. The molecule has 0 aromatic heterocycles. The van der Waals surface area contributed by atoms with Crippen LogP contribution in [-0.2, 0) is 12.8 Å². The SMILES string of the molecule is OC1CCNC(O)(/C(Cc2ccccc2)=C(\S)CCc2ccccc2)C1. The first-order valence-electron chi connectivity index (χ1n) is 9.21. The molecule has 3 nitrogen and oxygen atoms in total. The van der Waals surface area contributed by atoms with E-state index in [2.05, 4.69) is 29.6 Å². The van der Waals surface area contributed by atoms with Gasteiger partial charge in [-0.25, -0.2) is 0 Å². The summed E-state index contributed by atoms with van der Waals surface area (Å²) in [7, 11) is 0. The van der Waals surface area contributed by atoms with Crippen molar-refractivity contribution in [2.45, 2.75) is 43.9 Å². The van der Waals surface area contributed by atoms with E-state index in [4.69, 9.17) is 12.6 Å². The van der Waals surface area contributed by atoms with E-state index in [-0.39, 0.29) is 0 Å². The first-order chi connectivity index (χ1) is 12.6. The molecular weight excluding hydrogens is 342 g/mol. The van der Waals surface area contributed by atoms with Gasteiger partial charge in [-0.1, -0.05) is 60.7 Å². The molecule has 1 aliphatic heterocycles. The lowest BCUT2D eigenvalue weighted by Crippen LogP contribution is -2.54. The Hall–Kier alpha value is -1.59. The fraction of sp³-hybridized carbons (Fsp3) is 0.364. The number of aryl methyl sites for hydroxylation is 1. The number of allylic oxidation sites excluding steroid dienone is 1. The van der Waals surface area contributed by atoms with Crippen molar-refractivity contribution in [1.29, 1.82) is 0 Å². The Morgan fingerprint density at radius 3 is 2.27 bits per heavy atom. The maximum absolute atomic E-state index is 11.3. The smallest absolute Gasteiger partial charge is 0.141 e. The van der Waals surface area contributed by atoms with Crippen LogP contribution >= 0.6 is 12.6 Å². The summed E-state index contributed by atoms with van der Waals surface area (Å²) < 4.78 is 0. The van der Waals surface area contributed by atoms with Crippen molar-refractivity contribution in [1.82, 2.24) is 5.32 Å². The van der Waals surface area contributed by atoms with Gasteiger partial charge >= 0.3 is 0 Å². The van der Waals surface area contributed by atoms with Crippen LogP contribution in [0.15, 0.2) is 71.1 Å². The Labute approximate surface area is 161 Å². The molecule has 0 amide bonds. The minimum Gasteiger partial charge on any atom is -0.393 e. The van der Waals surface area contributed by atoms with E-state index < -0.39 is 11.8 Å². The van der Waals surface area contributed by atoms with Crippen LogP contribution in [0.5, 0.6) is 0 Å². The fourth-order valence-electron chi connectivity index (χ4n) is 3.54. The maximum atomic E-state index is 11.3. The molecule has 0 spiro atoms. The maximum Gasteiger partial charge on any atom is 0.141 e. The highest BCUT2D eigenvalue weighted by Gasteiger charge is 2.37. The van der Waals surface area contributed by atoms with Gasteiger partial charge in [0, 0.05) is 13.0 Å². The number of aliphatic hydroxyl groups excluding tert-OH is 1. The zero-order chi connectivity index (χ0) is 18.4. The third-order valence-electron chi connectivity index (χ3n) is 4.99. The summed E-state index contributed by atoms with van der Waals surface area (Å²) in [5.41, 5.74) is 2.04. The molecule has 1 aliphatic rings. The second kappa shape index (κ2) is 8.87. The molecule has 0 aliphatic carbocycles. The molecule has 0 saturated carbocycles. The predicted molar refractivity (Wildman–Crippen MR) is 109 cm³/mol. The molecule has 26 heavy (non-hydrogen) atoms. The Kier molecular flexibility index (Phi) is 6.54. The highest BCUT2D eigenvalue weighted by atomic mass is 32.1. The van der Waals surface area contributed by atoms with Gasteiger partial charge in [0.25, 0.3) is 0 Å². The van der Waals surface area contributed by atoms with Crippen LogP contribution in [0, 0.1) is 0 Å². The van der Waals surface area contributed by atoms with Gasteiger partial charge in [0.15, 0.2) is 0 Å². The topological polar surface area (TPSA) is 52.5 Å². The van der Waals surface area contributed by atoms with Gasteiger partial charge in [0.1, 0.15) is 5.72 Å². The zero-order valence-electron chi connectivity index (χ0n) is 14.9. The summed E-state index contributed by atoms with van der Waals surface area (Å²) >= 11 is 4.78. The molecule has 2 aromatic carbocycles. The van der Waals surface area contributed by atoms with Gasteiger partial charge in [0.2, 0.25) is 0 Å². The number of aliphatic hydroxyl groups is 2. The van der Waals surface area contributed by atoms with Gasteiger partial charge in [-0.3, -0.25) is 5.32 Å². The molecule has 3 rings (SSSR count). The Balaban J connectivity index is 1.85. The van der Waals surface area contributed by atoms with E-state index in [9.17, 15) is 10.2 Å². The minimum absolute atomic E-state index is 0.296. The molecule has 2 atom stereocenters. The summed E-state index contributed by atoms with van der Waals surface area (Å²) in [5.74, 6) is 0. The summed E-state index contributed by atoms with van der Waals surface area (Å²) in [6.07, 6.45) is 2.70. The third-order valence-corrected chi connectivity index (χ3v) is 5.48. The van der Waals surface area contributed by atoms with Crippen LogP contribution in [0.3, 0.4) is 0 Å². The summed E-state index contributed by atoms with van der Waals surface area (Å²) in [5, 5.41) is 24.6. The fourth-order valence-corrected chi connectivity index (χ4v) is 3.91. The van der Waals surface area contributed by atoms with Crippen molar-refractivity contribution < 1.29 is 10.2 Å². The van der Waals surface area contributed by atoms with Crippen LogP contribution in [0.2, 0.25) is 0 Å². The molecule has 2 unspecified atom stereocenters. The molecule has 0 radical (unpaired) electrons. The molecule has 2 aromatic rings. The van der Waals surface area contributed by atoms with Gasteiger partial charge in [-0.2, -0.15) is 0 Å². The van der Waals surface area contributed by atoms with Crippen molar-refractivity contribution in [2.24, 2.45) is 0 Å². The van der Waals surface area contributed by atoms with E-state index in [1.807, 2.05) is 36.4 Å². The molecular formula is C22H27NO2S. The average molecular weight is 370 g/mol. The Morgan fingerprint density at radius 2 is 1.65 bits per heavy atom. The number of thiol groups is 1. The lowest BCUT2D eigenvalue weighted by Gasteiger charge is -2.39. The molecule has 1 fully saturated rings. The number of rotatable bonds is 6. The van der Waals surface area contributed by atoms with Gasteiger partial charge in [-0.05, 0) is 47.3 Å². The van der Waals surface area contributed by atoms with Gasteiger partial charge < -0.3 is 10.2 Å². The van der Waals surface area contributed by atoms with Gasteiger partial charge in [0.05, 0.1) is 6.10 Å². The standard InChI is InChI=1S/C22H27NO2S/c24-19-13-14-23-22(25,16-19)20(15-18-9-5-2-6-10-18)21(26)12-11-17-7-3-1-4-8-17/h1-10,19,23-26H,11-16H2/b21-20-. The number of hydrogen-bond acceptors (Lipinski definition) is 4. The summed E-state index contributed by atoms with van der Waals surface area (Å²) in [6.45, 7) is 0.593. The monoisotopic (exact) mass is 369 g/mol. The van der Waals surface area contributed by atoms with Crippen LogP contribution in [0.1, 0.15) is 30.4 Å². The number of nitrogens with one attached hydrogen (secondary N) is 1. The molecule has 0 bridgehead atoms. The van der Waals surface area contributed by atoms with Crippen LogP contribution < -0.4 is 5.32 Å². The van der Waals surface area contributed by atoms with Crippen molar-refractivity contribution in [3.05, 3.63) is 82.3 Å². The van der Waals surface area contributed by atoms with Crippen molar-refractivity contribution in [3.8, 4) is 0 Å². The largest absolute Gasteiger partial charge is 0.393 e. The van der Waals surface area contributed by atoms with E-state index >= 15 is 0 Å². The van der Waals surface area contributed by atoms with Crippen molar-refractivity contribution >= 4 is 12.6 Å². The zero-order valence-corrected chi connectivity index (χ0v) is 15.8. The first-order valence-corrected chi connectivity index (χ1v) is 9.66. The van der Waals surface area contributed by atoms with E-state index in [1.165, 1.54) is 5.56 Å². The number of benzene rings is 2. The van der Waals surface area contributed by atoms with E-state index in [1.54, 1.807) is 0 Å². The highest BCUT2D eigenvalue weighted by Crippen LogP contribution is 2.32. The normalized spacial score (nSPS) is 24.2. The molecule has 3 N–H and O–H groups in total. The summed E-state index contributed by atoms with van der Waals surface area (Å²) in [4.78, 5) is 0.891. The van der Waals surface area contributed by atoms with E-state index in [0.29, 0.717) is 25.8 Å². The van der Waals surface area contributed by atoms with Crippen molar-refractivity contribution in [2.75, 3.05) is 6.54 Å². The van der Waals surface area contributed by atoms with Gasteiger partial charge in [-0.15, -0.1) is 12.6 Å². The number of hydrogen-bond donors (Lipinski definition) is 4. The molecule has 4 heteroatoms. The van der Waals surface area contributed by atoms with Crippen LogP contribution in [0.4, 0.5) is 0 Å². The lowest BCUT2D eigenvalue weighted by molar-refractivity contribution is -0.0366. The predicted octanol–water partition coefficient (Wildman–Crippen LogP) is 3.48. The summed E-state index contributed by atoms with van der Waals surface area (Å²) in [6, 6.07) is 20.4. The first kappa shape index (κ1) is 19.2. The third kappa shape index (κ3) is 4.98. The average Bonchev–Trinajstić information content (AvgIpc) is 2.65. The lowest BCUT2D eigenvalue weighted by atomic mass is 9.86. The second-order valence-electron chi connectivity index (χ2n) is 7.01. The van der Waals surface area contributed by atoms with E-state index in [0.717, 1.165) is 28.9 Å². The molecule has 138 valence electrons. The van der Waals surface area contributed by atoms with Crippen molar-refractivity contribution in [3.63, 3.8) is 0 Å². The van der Waals surface area contributed by atoms with Crippen LogP contribution in [0.25, 0.3) is 0 Å². The Bertz CT molecular complexity index is 732. The quantitative estimate of drug-likeness (QED) is 0.590. The number of piperidine rings is 1. The Morgan fingerprint density at radius 1 is 1.04 bits per heavy atom. The second-order valence-corrected chi connectivity index (χ2v) is 7.55. The molecule has 1 saturated heterocycles. The molecule has 1 heterocycles. The van der Waals surface area contributed by atoms with Crippen LogP contribution in [-0.4, -0.2) is 28.6 Å². The highest BCUT2D eigenvalue weighted by molar-refractivity contribution is 7.84.